The lowest BCUT2D eigenvalue weighted by molar-refractivity contribution is 0.0962. The molecule has 0 radical (unpaired) electrons. The number of aromatic hydroxyl groups is 1. The molecule has 1 amide bonds. The minimum absolute atomic E-state index is 0. The van der Waals surface area contributed by atoms with Gasteiger partial charge >= 0.3 is 6.09 Å². The first-order chi connectivity index (χ1) is 16.0. The van der Waals surface area contributed by atoms with Gasteiger partial charge in [0.25, 0.3) is 0 Å². The summed E-state index contributed by atoms with van der Waals surface area (Å²) in [6, 6.07) is 8.84. The molecule has 2 aromatic rings. The van der Waals surface area contributed by atoms with Gasteiger partial charge < -0.3 is 20.0 Å². The van der Waals surface area contributed by atoms with Crippen LogP contribution in [0.2, 0.25) is 0 Å². The summed E-state index contributed by atoms with van der Waals surface area (Å²) in [5, 5.41) is 28.9. The van der Waals surface area contributed by atoms with E-state index < -0.39 is 6.09 Å². The Hall–Kier alpha value is -2.87. The number of amidine groups is 1. The number of amides is 1. The normalized spacial score (nSPS) is 14.2. The highest BCUT2D eigenvalue weighted by Crippen LogP contribution is 2.40. The van der Waals surface area contributed by atoms with E-state index in [1.165, 1.54) is 11.9 Å². The SMILES string of the molecule is Br.CC(c1ccc2c(c1)C(=N)N(CC(=O)c1cc(C(C)(C)C)c(O)c(C(C)(C)C)c1)C2)N(C)C(=O)O. The van der Waals surface area contributed by atoms with E-state index in [-0.39, 0.29) is 57.8 Å². The van der Waals surface area contributed by atoms with Crippen molar-refractivity contribution in [3.05, 3.63) is 63.7 Å². The van der Waals surface area contributed by atoms with Crippen LogP contribution in [0.3, 0.4) is 0 Å². The summed E-state index contributed by atoms with van der Waals surface area (Å²) in [6.07, 6.45) is -1.02. The zero-order valence-electron chi connectivity index (χ0n) is 22.4. The van der Waals surface area contributed by atoms with Gasteiger partial charge in [-0.2, -0.15) is 0 Å². The number of rotatable bonds is 5. The van der Waals surface area contributed by atoms with Gasteiger partial charge in [0.1, 0.15) is 11.6 Å². The van der Waals surface area contributed by atoms with Crippen LogP contribution in [-0.4, -0.2) is 51.3 Å². The standard InChI is InChI=1S/C28H37N3O4.BrH/c1-16(30(8)26(34)35)17-9-10-18-14-31(25(29)20(18)11-17)15-23(32)19-12-21(27(2,3)4)24(33)22(13-19)28(5,6)7;/h9-13,16,29,33H,14-15H2,1-8H3,(H,34,35);1H. The number of benzene rings is 2. The third-order valence-electron chi connectivity index (χ3n) is 6.81. The molecule has 3 rings (SSSR count). The molecule has 0 bridgehead atoms. The maximum absolute atomic E-state index is 13.4. The van der Waals surface area contributed by atoms with E-state index in [1.807, 2.05) is 59.7 Å². The smallest absolute Gasteiger partial charge is 0.407 e. The molecule has 1 aliphatic rings. The van der Waals surface area contributed by atoms with E-state index >= 15 is 0 Å². The van der Waals surface area contributed by atoms with Crippen LogP contribution in [0.4, 0.5) is 4.79 Å². The first-order valence-electron chi connectivity index (χ1n) is 11.9. The van der Waals surface area contributed by atoms with Crippen molar-refractivity contribution in [1.82, 2.24) is 9.80 Å². The number of nitrogens with zero attached hydrogens (tertiary/aromatic N) is 2. The lowest BCUT2D eigenvalue weighted by atomic mass is 9.78. The van der Waals surface area contributed by atoms with Crippen molar-refractivity contribution in [2.75, 3.05) is 13.6 Å². The summed E-state index contributed by atoms with van der Waals surface area (Å²) in [6.45, 7) is 14.4. The molecule has 0 saturated carbocycles. The predicted octanol–water partition coefficient (Wildman–Crippen LogP) is 6.26. The number of nitrogens with one attached hydrogen (secondary N) is 1. The van der Waals surface area contributed by atoms with Crippen molar-refractivity contribution in [2.24, 2.45) is 0 Å². The van der Waals surface area contributed by atoms with Crippen LogP contribution in [0.15, 0.2) is 30.3 Å². The lowest BCUT2D eigenvalue weighted by Crippen LogP contribution is -2.31. The van der Waals surface area contributed by atoms with Crippen LogP contribution in [0, 0.1) is 5.41 Å². The summed E-state index contributed by atoms with van der Waals surface area (Å²) < 4.78 is 0. The Morgan fingerprint density at radius 2 is 1.58 bits per heavy atom. The molecule has 1 atom stereocenters. The molecule has 0 fully saturated rings. The molecule has 1 unspecified atom stereocenters. The molecule has 36 heavy (non-hydrogen) atoms. The molecule has 8 heteroatoms. The Labute approximate surface area is 224 Å². The summed E-state index contributed by atoms with van der Waals surface area (Å²) >= 11 is 0. The molecule has 0 saturated heterocycles. The largest absolute Gasteiger partial charge is 0.507 e. The fraction of sp³-hybridized carbons (Fsp3) is 0.464. The molecule has 3 N–H and O–H groups in total. The van der Waals surface area contributed by atoms with Gasteiger partial charge in [0.2, 0.25) is 0 Å². The van der Waals surface area contributed by atoms with Crippen molar-refractivity contribution >= 4 is 34.7 Å². The highest BCUT2D eigenvalue weighted by Gasteiger charge is 2.31. The van der Waals surface area contributed by atoms with Crippen molar-refractivity contribution in [1.29, 1.82) is 5.41 Å². The summed E-state index contributed by atoms with van der Waals surface area (Å²) in [7, 11) is 1.52. The Bertz CT molecular complexity index is 1160. The molecule has 0 spiro atoms. The summed E-state index contributed by atoms with van der Waals surface area (Å²) in [5.74, 6) is 0.375. The van der Waals surface area contributed by atoms with Crippen LogP contribution in [0.5, 0.6) is 5.75 Å². The van der Waals surface area contributed by atoms with Gasteiger partial charge in [-0.15, -0.1) is 17.0 Å². The van der Waals surface area contributed by atoms with Gasteiger partial charge in [0, 0.05) is 35.8 Å². The van der Waals surface area contributed by atoms with Crippen LogP contribution in [-0.2, 0) is 17.4 Å². The third kappa shape index (κ3) is 5.75. The zero-order chi connectivity index (χ0) is 26.5. The van der Waals surface area contributed by atoms with Gasteiger partial charge in [-0.3, -0.25) is 10.2 Å². The fourth-order valence-corrected chi connectivity index (χ4v) is 4.40. The molecular formula is C28H38BrN3O4. The van der Waals surface area contributed by atoms with E-state index in [4.69, 9.17) is 5.41 Å². The number of carboxylic acid groups (broad SMARTS) is 1. The Kier molecular flexibility index (Phi) is 8.36. The third-order valence-corrected chi connectivity index (χ3v) is 6.81. The first kappa shape index (κ1) is 29.4. The molecule has 0 aromatic heterocycles. The van der Waals surface area contributed by atoms with Gasteiger partial charge in [0.15, 0.2) is 5.78 Å². The zero-order valence-corrected chi connectivity index (χ0v) is 24.1. The van der Waals surface area contributed by atoms with E-state index in [2.05, 4.69) is 0 Å². The predicted molar refractivity (Wildman–Crippen MR) is 148 cm³/mol. The van der Waals surface area contributed by atoms with Crippen molar-refractivity contribution in [3.63, 3.8) is 0 Å². The highest BCUT2D eigenvalue weighted by molar-refractivity contribution is 8.93. The average Bonchev–Trinajstić information content (AvgIpc) is 3.05. The number of carbonyl (C=O) groups is 2. The second kappa shape index (κ2) is 10.2. The quantitative estimate of drug-likeness (QED) is 0.375. The van der Waals surface area contributed by atoms with Gasteiger partial charge in [0.05, 0.1) is 12.6 Å². The van der Waals surface area contributed by atoms with Crippen LogP contribution < -0.4 is 0 Å². The number of fused-ring (bicyclic) bond motifs is 1. The molecule has 196 valence electrons. The number of Topliss-reactive ketones (excluding diaryl/α,β-unsaturated/α-hetero) is 1. The topological polar surface area (TPSA) is 105 Å². The maximum atomic E-state index is 13.4. The lowest BCUT2D eigenvalue weighted by Gasteiger charge is -2.28. The average molecular weight is 561 g/mol. The highest BCUT2D eigenvalue weighted by atomic mass is 79.9. The number of hydrogen-bond donors (Lipinski definition) is 3. The van der Waals surface area contributed by atoms with Crippen LogP contribution in [0.25, 0.3) is 0 Å². The first-order valence-corrected chi connectivity index (χ1v) is 11.9. The second-order valence-electron chi connectivity index (χ2n) is 11.5. The van der Waals surface area contributed by atoms with Crippen molar-refractivity contribution in [3.8, 4) is 5.75 Å². The van der Waals surface area contributed by atoms with Crippen molar-refractivity contribution in [2.45, 2.75) is 71.9 Å². The van der Waals surface area contributed by atoms with E-state index in [0.717, 1.165) is 27.8 Å². The second-order valence-corrected chi connectivity index (χ2v) is 11.5. The molecule has 2 aromatic carbocycles. The minimum atomic E-state index is -1.02. The number of ketones is 1. The number of carbonyl (C=O) groups excluding carboxylic acids is 1. The molecule has 1 heterocycles. The van der Waals surface area contributed by atoms with Gasteiger partial charge in [-0.05, 0) is 47.1 Å². The van der Waals surface area contributed by atoms with Crippen LogP contribution in [0.1, 0.15) is 92.7 Å². The molecule has 7 nitrogen and oxygen atoms in total. The number of phenolic OH excluding ortho intramolecular Hbond substituents is 1. The monoisotopic (exact) mass is 559 g/mol. The van der Waals surface area contributed by atoms with Crippen molar-refractivity contribution < 1.29 is 19.8 Å². The van der Waals surface area contributed by atoms with Gasteiger partial charge in [-0.25, -0.2) is 4.79 Å². The maximum Gasteiger partial charge on any atom is 0.407 e. The number of halogens is 1. The van der Waals surface area contributed by atoms with E-state index in [0.29, 0.717) is 12.1 Å². The number of hydrogen-bond acceptors (Lipinski definition) is 4. The minimum Gasteiger partial charge on any atom is -0.507 e. The van der Waals surface area contributed by atoms with Crippen LogP contribution >= 0.6 is 17.0 Å². The van der Waals surface area contributed by atoms with E-state index in [1.54, 1.807) is 24.0 Å². The summed E-state index contributed by atoms with van der Waals surface area (Å²) in [4.78, 5) is 27.7. The Morgan fingerprint density at radius 1 is 1.06 bits per heavy atom. The Balaban J connectivity index is 0.00000456. The molecule has 1 aliphatic heterocycles. The number of phenols is 1. The summed E-state index contributed by atoms with van der Waals surface area (Å²) in [5.41, 5.74) is 3.77. The molecular weight excluding hydrogens is 522 g/mol. The molecule has 0 aliphatic carbocycles. The Morgan fingerprint density at radius 3 is 2.06 bits per heavy atom. The van der Waals surface area contributed by atoms with E-state index in [9.17, 15) is 19.8 Å². The fourth-order valence-electron chi connectivity index (χ4n) is 4.40. The van der Waals surface area contributed by atoms with Gasteiger partial charge in [-0.1, -0.05) is 53.7 Å².